The molecule has 10 aromatic rings. The number of halogens is 3. The predicted molar refractivity (Wildman–Crippen MR) is 366 cm³/mol. The highest BCUT2D eigenvalue weighted by atomic mass is 35.5. The molecule has 2 fully saturated rings. The Kier molecular flexibility index (Phi) is 20.2. The molecule has 0 bridgehead atoms. The van der Waals surface area contributed by atoms with Crippen LogP contribution >= 0.6 is 34.8 Å². The van der Waals surface area contributed by atoms with Crippen LogP contribution in [0.3, 0.4) is 0 Å². The molecule has 0 spiro atoms. The third-order valence-corrected chi connectivity index (χ3v) is 17.0. The van der Waals surface area contributed by atoms with Gasteiger partial charge in [0.05, 0.1) is 99.6 Å². The van der Waals surface area contributed by atoms with Gasteiger partial charge < -0.3 is 44.3 Å². The molecular formula is C68H64Cl3N11O10S. The molecule has 3 aromatic heterocycles. The number of carbonyl (C=O) groups is 3. The van der Waals surface area contributed by atoms with E-state index < -0.39 is 21.5 Å². The number of anilines is 5. The van der Waals surface area contributed by atoms with Crippen molar-refractivity contribution in [1.29, 1.82) is 0 Å². The number of imide groups is 1. The van der Waals surface area contributed by atoms with E-state index in [-0.39, 0.29) is 11.8 Å². The van der Waals surface area contributed by atoms with Crippen molar-refractivity contribution in [3.8, 4) is 28.7 Å². The van der Waals surface area contributed by atoms with Crippen molar-refractivity contribution >= 4 is 136 Å². The first-order valence-electron chi connectivity index (χ1n) is 29.0. The molecule has 3 aliphatic heterocycles. The number of rotatable bonds is 13. The molecule has 93 heavy (non-hydrogen) atoms. The lowest BCUT2D eigenvalue weighted by Crippen LogP contribution is -2.51. The van der Waals surface area contributed by atoms with Crippen molar-refractivity contribution in [3.63, 3.8) is 0 Å². The van der Waals surface area contributed by atoms with E-state index in [9.17, 15) is 22.8 Å². The summed E-state index contributed by atoms with van der Waals surface area (Å²) in [6.07, 6.45) is 4.50. The van der Waals surface area contributed by atoms with Crippen LogP contribution < -0.4 is 50.3 Å². The minimum absolute atomic E-state index is 0.153. The van der Waals surface area contributed by atoms with E-state index in [0.717, 1.165) is 92.8 Å². The number of ether oxygens (including phenoxy) is 4. The Morgan fingerprint density at radius 3 is 2.06 bits per heavy atom. The van der Waals surface area contributed by atoms with Gasteiger partial charge in [-0.2, -0.15) is 0 Å². The molecule has 0 aliphatic carbocycles. The Hall–Kier alpha value is -10.1. The topological polar surface area (TPSA) is 262 Å². The Labute approximate surface area is 551 Å². The normalized spacial score (nSPS) is 14.7. The number of sulfonamides is 1. The highest BCUT2D eigenvalue weighted by Gasteiger charge is 2.42. The lowest BCUT2D eigenvalue weighted by molar-refractivity contribution is -0.138. The number of piperidine rings is 1. The lowest BCUT2D eigenvalue weighted by atomic mass is 9.72. The van der Waals surface area contributed by atoms with Gasteiger partial charge in [0.2, 0.25) is 27.8 Å². The molecule has 1 atom stereocenters. The summed E-state index contributed by atoms with van der Waals surface area (Å²) < 4.78 is 52.6. The monoisotopic (exact) mass is 1330 g/mol. The Morgan fingerprint density at radius 2 is 1.42 bits per heavy atom. The molecule has 21 nitrogen and oxygen atoms in total. The highest BCUT2D eigenvalue weighted by molar-refractivity contribution is 7.92. The average Bonchev–Trinajstić information content (AvgIpc) is 1.32. The van der Waals surface area contributed by atoms with Crippen LogP contribution in [0.4, 0.5) is 39.0 Å². The van der Waals surface area contributed by atoms with Gasteiger partial charge in [-0.05, 0) is 92.9 Å². The number of aryl methyl sites for hydroxylation is 2. The van der Waals surface area contributed by atoms with Crippen LogP contribution in [0.1, 0.15) is 48.6 Å². The number of urea groups is 1. The van der Waals surface area contributed by atoms with E-state index in [4.69, 9.17) is 63.3 Å². The molecule has 0 saturated carbocycles. The van der Waals surface area contributed by atoms with E-state index in [2.05, 4.69) is 57.9 Å². The molecule has 0 radical (unpaired) electrons. The van der Waals surface area contributed by atoms with Crippen LogP contribution in [-0.4, -0.2) is 86.4 Å². The fourth-order valence-electron chi connectivity index (χ4n) is 10.6. The van der Waals surface area contributed by atoms with E-state index in [1.807, 2.05) is 92.7 Å². The number of amides is 4. The maximum atomic E-state index is 12.2. The molecule has 3 aliphatic rings. The van der Waals surface area contributed by atoms with Crippen LogP contribution in [0.25, 0.3) is 32.7 Å². The van der Waals surface area contributed by atoms with Gasteiger partial charge in [-0.1, -0.05) is 120 Å². The first kappa shape index (κ1) is 65.8. The summed E-state index contributed by atoms with van der Waals surface area (Å²) in [5, 5.41) is 22.2. The van der Waals surface area contributed by atoms with E-state index in [1.165, 1.54) is 5.56 Å². The second kappa shape index (κ2) is 28.6. The third-order valence-electron chi connectivity index (χ3n) is 15.2. The number of nitrogens with zero attached hydrogens (tertiary/aromatic N) is 5. The molecule has 4 amide bonds. The molecule has 25 heteroatoms. The smallest absolute Gasteiger partial charge is 0.324 e. The van der Waals surface area contributed by atoms with Crippen LogP contribution in [0, 0.1) is 13.8 Å². The van der Waals surface area contributed by atoms with Gasteiger partial charge in [-0.25, -0.2) is 23.2 Å². The van der Waals surface area contributed by atoms with Gasteiger partial charge in [-0.3, -0.25) is 29.9 Å². The number of fused-ring (bicyclic) bond motifs is 5. The number of aliphatic imine (C=N–C) groups is 1. The summed E-state index contributed by atoms with van der Waals surface area (Å²) in [6.45, 7) is 11.1. The number of methoxy groups -OCH3 is 3. The maximum absolute atomic E-state index is 12.2. The average molecular weight is 1330 g/mol. The number of carbonyl (C=O) groups excluding carboxylic acids is 3. The van der Waals surface area contributed by atoms with Crippen molar-refractivity contribution in [2.24, 2.45) is 4.99 Å². The summed E-state index contributed by atoms with van der Waals surface area (Å²) in [7, 11) is 1.31. The zero-order valence-corrected chi connectivity index (χ0v) is 54.6. The molecule has 6 heterocycles. The number of guanidine groups is 1. The minimum atomic E-state index is -3.37. The Balaban J connectivity index is 0.000000141. The van der Waals surface area contributed by atoms with Crippen molar-refractivity contribution in [2.45, 2.75) is 52.0 Å². The number of aromatic nitrogens is 3. The predicted octanol–water partition coefficient (Wildman–Crippen LogP) is 15.1. The largest absolute Gasteiger partial charge is 0.494 e. The second-order valence-electron chi connectivity index (χ2n) is 21.7. The summed E-state index contributed by atoms with van der Waals surface area (Å²) in [4.78, 5) is 51.2. The number of hydrogen-bond donors (Lipinski definition) is 6. The summed E-state index contributed by atoms with van der Waals surface area (Å²) in [5.41, 5.74) is 9.42. The van der Waals surface area contributed by atoms with Crippen LogP contribution in [0.2, 0.25) is 15.1 Å². The summed E-state index contributed by atoms with van der Waals surface area (Å²) >= 11 is 18.5. The number of nitrogens with one attached hydrogen (secondary N) is 6. The van der Waals surface area contributed by atoms with Crippen LogP contribution in [-0.2, 0) is 31.6 Å². The quantitative estimate of drug-likeness (QED) is 0.0463. The van der Waals surface area contributed by atoms with Crippen LogP contribution in [0.5, 0.6) is 28.7 Å². The second-order valence-corrected chi connectivity index (χ2v) is 24.6. The number of pyridine rings is 2. The van der Waals surface area contributed by atoms with Crippen molar-refractivity contribution in [2.75, 3.05) is 54.8 Å². The van der Waals surface area contributed by atoms with E-state index >= 15 is 0 Å². The van der Waals surface area contributed by atoms with Gasteiger partial charge in [0.15, 0.2) is 17.3 Å². The first-order valence-corrected chi connectivity index (χ1v) is 32.0. The lowest BCUT2D eigenvalue weighted by Gasteiger charge is -2.35. The molecule has 13 rings (SSSR count). The zero-order chi connectivity index (χ0) is 66.1. The Morgan fingerprint density at radius 1 is 0.731 bits per heavy atom. The summed E-state index contributed by atoms with van der Waals surface area (Å²) in [6, 6.07) is 44.0. The third kappa shape index (κ3) is 15.4. The van der Waals surface area contributed by atoms with E-state index in [0.29, 0.717) is 85.1 Å². The minimum Gasteiger partial charge on any atom is -0.494 e. The highest BCUT2D eigenvalue weighted by Crippen LogP contribution is 2.42. The Bertz CT molecular complexity index is 4610. The van der Waals surface area contributed by atoms with Crippen LogP contribution in [0.15, 0.2) is 174 Å². The van der Waals surface area contributed by atoms with E-state index in [1.54, 1.807) is 101 Å². The molecule has 6 N–H and O–H groups in total. The fourth-order valence-corrected chi connectivity index (χ4v) is 11.8. The van der Waals surface area contributed by atoms with Gasteiger partial charge in [0.1, 0.15) is 23.0 Å². The maximum Gasteiger partial charge on any atom is 0.324 e. The van der Waals surface area contributed by atoms with Crippen molar-refractivity contribution in [3.05, 3.63) is 202 Å². The molecule has 478 valence electrons. The first-order chi connectivity index (χ1) is 44.6. The molecule has 1 unspecified atom stereocenters. The van der Waals surface area contributed by atoms with Gasteiger partial charge in [0, 0.05) is 70.8 Å². The summed E-state index contributed by atoms with van der Waals surface area (Å²) in [5.74, 6) is 4.11. The number of para-hydroxylation sites is 2. The van der Waals surface area contributed by atoms with Crippen molar-refractivity contribution in [1.82, 2.24) is 30.7 Å². The fraction of sp³-hybridized carbons (Fsp3) is 0.191. The number of benzene rings is 7. The van der Waals surface area contributed by atoms with Gasteiger partial charge in [-0.15, -0.1) is 0 Å². The molecule has 2 saturated heterocycles. The molecule has 7 aromatic carbocycles. The molecular weight excluding hydrogens is 1270 g/mol. The zero-order valence-electron chi connectivity index (χ0n) is 51.5. The number of hydrogen-bond acceptors (Lipinski definition) is 17. The van der Waals surface area contributed by atoms with Crippen molar-refractivity contribution < 1.29 is 46.3 Å². The SMILES string of the molecule is C=C1CN2Cc3c(ccc(Cl)c3Cl)N=C2N1.CCC1(c2ccc(C)cc2)CCC(=O)NC1=O.COc1cc(NS(C)(=O)=O)ccc1Nc1c2ccccc2nc2ccccc12.COc1cc2nccc(Oc3ccc(NC(=O)Nc4cc(C)on4)c(Cl)c3)c2cc1OC. The standard InChI is InChI=1S/C22H19ClN4O5.C21H19N3O3S.C14H17NO2.C11H9Cl2N3/c1-12-8-21(27-32-12)26-22(28)25-16-5-4-13(9-15(16)23)31-18-6-7-24-17-11-20(30-3)19(29-2)10-14(17)18;1-27-20-13-14(24-28(2,25)26)11-12-19(20)23-21-15-7-3-5-9-17(15)22-18-10-6-4-8-16(18)21;1-3-14(9-8-12(16)15-13(14)17)11-6-4-10(2)5-7-11;1-6-4-16-5-7-9(15-11(16)14-6)3-2-8(12)10(7)13/h4-11H,1-3H3,(H2,25,26,27,28);3-13,24H,1-2H3,(H,22,23);4-7H,3,8-9H2,1-2H3,(H,15,16,17);2-3H,1,4-5H2,(H,14,15). The van der Waals surface area contributed by atoms with Gasteiger partial charge >= 0.3 is 6.03 Å². The van der Waals surface area contributed by atoms with Gasteiger partial charge in [0.25, 0.3) is 0 Å².